The molecular weight excluding hydrogens is 421 g/mol. The van der Waals surface area contributed by atoms with Gasteiger partial charge in [-0.1, -0.05) is 23.4 Å². The molecule has 164 valence electrons. The van der Waals surface area contributed by atoms with E-state index in [1.165, 1.54) is 6.07 Å². The largest absolute Gasteiger partial charge is 0.418 e. The fourth-order valence-electron chi connectivity index (χ4n) is 3.87. The number of carbonyl (C=O) groups is 1. The number of amides is 1. The smallest absolute Gasteiger partial charge is 0.371 e. The SMILES string of the molecule is Cc1cc(-c2cccc(C3=Nc4cc(N5CCC5)c(C(F)(F)F)cc4NC(=O)C3)c2)on1. The van der Waals surface area contributed by atoms with Gasteiger partial charge in [-0.3, -0.25) is 9.79 Å². The van der Waals surface area contributed by atoms with Crippen molar-refractivity contribution in [2.45, 2.75) is 25.9 Å². The molecule has 2 aliphatic rings. The van der Waals surface area contributed by atoms with Gasteiger partial charge in [0.25, 0.3) is 0 Å². The van der Waals surface area contributed by atoms with Gasteiger partial charge in [-0.2, -0.15) is 13.2 Å². The summed E-state index contributed by atoms with van der Waals surface area (Å²) in [5.41, 5.74) is 2.35. The van der Waals surface area contributed by atoms with E-state index in [1.54, 1.807) is 11.0 Å². The third kappa shape index (κ3) is 3.74. The van der Waals surface area contributed by atoms with Gasteiger partial charge in [0, 0.05) is 24.7 Å². The summed E-state index contributed by atoms with van der Waals surface area (Å²) in [5, 5.41) is 6.48. The van der Waals surface area contributed by atoms with E-state index in [4.69, 9.17) is 4.52 Å². The van der Waals surface area contributed by atoms with Crippen LogP contribution in [-0.4, -0.2) is 29.9 Å². The zero-order valence-corrected chi connectivity index (χ0v) is 17.2. The maximum atomic E-state index is 13.7. The predicted octanol–water partition coefficient (Wildman–Crippen LogP) is 5.34. The van der Waals surface area contributed by atoms with Crippen LogP contribution >= 0.6 is 0 Å². The maximum absolute atomic E-state index is 13.7. The van der Waals surface area contributed by atoms with Crippen molar-refractivity contribution < 1.29 is 22.5 Å². The van der Waals surface area contributed by atoms with Crippen molar-refractivity contribution in [3.05, 3.63) is 59.3 Å². The molecule has 0 bridgehead atoms. The number of rotatable bonds is 3. The molecule has 0 saturated carbocycles. The van der Waals surface area contributed by atoms with Crippen LogP contribution in [0.5, 0.6) is 0 Å². The summed E-state index contributed by atoms with van der Waals surface area (Å²) in [6.45, 7) is 2.94. The first-order chi connectivity index (χ1) is 15.3. The van der Waals surface area contributed by atoms with Crippen LogP contribution in [0.2, 0.25) is 0 Å². The Morgan fingerprint density at radius 1 is 1.09 bits per heavy atom. The molecule has 0 radical (unpaired) electrons. The number of aryl methyl sites for hydroxylation is 1. The molecule has 0 atom stereocenters. The Morgan fingerprint density at radius 2 is 1.88 bits per heavy atom. The molecule has 9 heteroatoms. The number of aromatic nitrogens is 1. The molecule has 1 aromatic heterocycles. The minimum atomic E-state index is -4.53. The Balaban J connectivity index is 1.61. The summed E-state index contributed by atoms with van der Waals surface area (Å²) in [7, 11) is 0. The van der Waals surface area contributed by atoms with Gasteiger partial charge in [-0.05, 0) is 37.1 Å². The number of aliphatic imine (C=N–C) groups is 1. The zero-order valence-electron chi connectivity index (χ0n) is 17.2. The van der Waals surface area contributed by atoms with Crippen LogP contribution in [0, 0.1) is 6.92 Å². The van der Waals surface area contributed by atoms with Crippen molar-refractivity contribution in [1.82, 2.24) is 5.16 Å². The third-order valence-electron chi connectivity index (χ3n) is 5.58. The maximum Gasteiger partial charge on any atom is 0.418 e. The lowest BCUT2D eigenvalue weighted by Crippen LogP contribution is -2.38. The van der Waals surface area contributed by atoms with Crippen molar-refractivity contribution in [2.75, 3.05) is 23.3 Å². The number of nitrogens with one attached hydrogen (secondary N) is 1. The van der Waals surface area contributed by atoms with Crippen LogP contribution in [0.3, 0.4) is 0 Å². The van der Waals surface area contributed by atoms with Gasteiger partial charge in [0.1, 0.15) is 0 Å². The molecule has 32 heavy (non-hydrogen) atoms. The first-order valence-electron chi connectivity index (χ1n) is 10.2. The molecule has 1 fully saturated rings. The second-order valence-electron chi connectivity index (χ2n) is 7.92. The Kier molecular flexibility index (Phi) is 4.76. The second kappa shape index (κ2) is 7.51. The lowest BCUT2D eigenvalue weighted by Gasteiger charge is -2.35. The van der Waals surface area contributed by atoms with Crippen molar-refractivity contribution in [3.8, 4) is 11.3 Å². The fraction of sp³-hybridized carbons (Fsp3) is 0.261. The van der Waals surface area contributed by atoms with E-state index in [1.807, 2.05) is 31.2 Å². The van der Waals surface area contributed by atoms with E-state index in [0.29, 0.717) is 35.8 Å². The van der Waals surface area contributed by atoms with Crippen molar-refractivity contribution in [3.63, 3.8) is 0 Å². The number of carbonyl (C=O) groups excluding carboxylic acids is 1. The Morgan fingerprint density at radius 3 is 2.53 bits per heavy atom. The molecule has 1 amide bonds. The number of fused-ring (bicyclic) bond motifs is 1. The molecule has 0 spiro atoms. The highest BCUT2D eigenvalue weighted by atomic mass is 19.4. The molecule has 1 N–H and O–H groups in total. The van der Waals surface area contributed by atoms with Crippen LogP contribution in [0.4, 0.5) is 30.2 Å². The summed E-state index contributed by atoms with van der Waals surface area (Å²) < 4.78 is 46.4. The van der Waals surface area contributed by atoms with Crippen LogP contribution in [0.25, 0.3) is 11.3 Å². The molecule has 0 unspecified atom stereocenters. The first kappa shape index (κ1) is 20.3. The van der Waals surface area contributed by atoms with E-state index >= 15 is 0 Å². The number of nitrogens with zero attached hydrogens (tertiary/aromatic N) is 3. The molecule has 2 aromatic carbocycles. The number of hydrogen-bond acceptors (Lipinski definition) is 5. The van der Waals surface area contributed by atoms with Gasteiger partial charge in [0.2, 0.25) is 5.91 Å². The highest BCUT2D eigenvalue weighted by Gasteiger charge is 2.37. The second-order valence-corrected chi connectivity index (χ2v) is 7.92. The molecule has 5 rings (SSSR count). The van der Waals surface area contributed by atoms with Gasteiger partial charge in [-0.25, -0.2) is 0 Å². The highest BCUT2D eigenvalue weighted by Crippen LogP contribution is 2.44. The lowest BCUT2D eigenvalue weighted by molar-refractivity contribution is -0.137. The lowest BCUT2D eigenvalue weighted by atomic mass is 10.0. The highest BCUT2D eigenvalue weighted by molar-refractivity contribution is 6.17. The quantitative estimate of drug-likeness (QED) is 0.597. The van der Waals surface area contributed by atoms with Gasteiger partial charge < -0.3 is 14.7 Å². The van der Waals surface area contributed by atoms with Crippen molar-refractivity contribution in [1.29, 1.82) is 0 Å². The molecular formula is C23H19F3N4O2. The van der Waals surface area contributed by atoms with E-state index in [-0.39, 0.29) is 17.8 Å². The molecule has 3 heterocycles. The van der Waals surface area contributed by atoms with Gasteiger partial charge in [-0.15, -0.1) is 0 Å². The average molecular weight is 440 g/mol. The van der Waals surface area contributed by atoms with E-state index in [2.05, 4.69) is 15.5 Å². The standard InChI is InChI=1S/C23H19F3N4O2/c1-13-8-21(32-29-13)15-5-2-4-14(9-15)17-12-22(31)28-18-10-16(23(24,25)26)20(11-19(18)27-17)30-6-3-7-30/h2,4-5,8-11H,3,6-7,12H2,1H3,(H,28,31). The fourth-order valence-corrected chi connectivity index (χ4v) is 3.87. The summed E-state index contributed by atoms with van der Waals surface area (Å²) in [6, 6.07) is 11.5. The molecule has 6 nitrogen and oxygen atoms in total. The van der Waals surface area contributed by atoms with E-state index < -0.39 is 17.6 Å². The minimum Gasteiger partial charge on any atom is -0.371 e. The average Bonchev–Trinajstić information content (AvgIpc) is 3.05. The summed E-state index contributed by atoms with van der Waals surface area (Å²) in [6.07, 6.45) is -3.76. The first-order valence-corrected chi connectivity index (χ1v) is 10.2. The van der Waals surface area contributed by atoms with E-state index in [0.717, 1.165) is 23.7 Å². The monoisotopic (exact) mass is 440 g/mol. The van der Waals surface area contributed by atoms with Crippen molar-refractivity contribution >= 4 is 28.7 Å². The van der Waals surface area contributed by atoms with Gasteiger partial charge in [0.05, 0.1) is 40.5 Å². The summed E-state index contributed by atoms with van der Waals surface area (Å²) in [4.78, 5) is 18.8. The summed E-state index contributed by atoms with van der Waals surface area (Å²) in [5.74, 6) is 0.159. The Bertz CT molecular complexity index is 1240. The zero-order chi connectivity index (χ0) is 22.5. The number of anilines is 2. The normalized spacial score (nSPS) is 16.1. The predicted molar refractivity (Wildman–Crippen MR) is 114 cm³/mol. The third-order valence-corrected chi connectivity index (χ3v) is 5.58. The number of alkyl halides is 3. The van der Waals surface area contributed by atoms with E-state index in [9.17, 15) is 18.0 Å². The number of halogens is 3. The van der Waals surface area contributed by atoms with Crippen LogP contribution in [-0.2, 0) is 11.0 Å². The Hall–Kier alpha value is -3.62. The number of benzene rings is 2. The molecule has 0 aliphatic carbocycles. The number of hydrogen-bond donors (Lipinski definition) is 1. The van der Waals surface area contributed by atoms with Gasteiger partial charge >= 0.3 is 6.18 Å². The molecule has 3 aromatic rings. The molecule has 2 aliphatic heterocycles. The molecule has 1 saturated heterocycles. The van der Waals surface area contributed by atoms with Crippen LogP contribution in [0.15, 0.2) is 52.0 Å². The van der Waals surface area contributed by atoms with Crippen LogP contribution < -0.4 is 10.2 Å². The topological polar surface area (TPSA) is 70.7 Å². The summed E-state index contributed by atoms with van der Waals surface area (Å²) >= 11 is 0. The Labute approximate surface area is 181 Å². The minimum absolute atomic E-state index is 0.0589. The van der Waals surface area contributed by atoms with Gasteiger partial charge in [0.15, 0.2) is 5.76 Å². The van der Waals surface area contributed by atoms with Crippen molar-refractivity contribution in [2.24, 2.45) is 4.99 Å². The van der Waals surface area contributed by atoms with Crippen LogP contribution in [0.1, 0.15) is 29.7 Å².